The zero-order valence-corrected chi connectivity index (χ0v) is 30.5. The average Bonchev–Trinajstić information content (AvgIpc) is 3.58. The summed E-state index contributed by atoms with van der Waals surface area (Å²) in [6.07, 6.45) is 8.01. The molecule has 1 aliphatic carbocycles. The van der Waals surface area contributed by atoms with E-state index in [0.717, 1.165) is 63.1 Å². The van der Waals surface area contributed by atoms with Crippen LogP contribution in [0.3, 0.4) is 0 Å². The van der Waals surface area contributed by atoms with Crippen molar-refractivity contribution in [3.05, 3.63) is 70.0 Å². The number of hydrogen-bond donors (Lipinski definition) is 1. The van der Waals surface area contributed by atoms with Crippen LogP contribution in [0.25, 0.3) is 33.8 Å². The van der Waals surface area contributed by atoms with Gasteiger partial charge in [0.2, 0.25) is 0 Å². The van der Waals surface area contributed by atoms with Crippen LogP contribution in [0.4, 0.5) is 0 Å². The summed E-state index contributed by atoms with van der Waals surface area (Å²) in [6.45, 7) is 10.8. The lowest BCUT2D eigenvalue weighted by Crippen LogP contribution is -2.41. The fraction of sp³-hybridized carbons (Fsp3) is 0.462. The number of rotatable bonds is 8. The van der Waals surface area contributed by atoms with Crippen molar-refractivity contribution in [3.63, 3.8) is 0 Å². The normalized spacial score (nSPS) is 17.2. The maximum Gasteiger partial charge on any atom is 0.272 e. The number of carbonyl (C=O) groups is 2. The van der Waals surface area contributed by atoms with Crippen molar-refractivity contribution in [2.24, 2.45) is 0 Å². The third-order valence-corrected chi connectivity index (χ3v) is 11.7. The van der Waals surface area contributed by atoms with Crippen molar-refractivity contribution in [2.75, 3.05) is 33.4 Å². The summed E-state index contributed by atoms with van der Waals surface area (Å²) in [6, 6.07) is 12.1. The fourth-order valence-electron chi connectivity index (χ4n) is 7.93. The fourth-order valence-corrected chi connectivity index (χ4v) is 8.47. The molecule has 0 bridgehead atoms. The second kappa shape index (κ2) is 14.2. The van der Waals surface area contributed by atoms with Gasteiger partial charge in [0, 0.05) is 59.0 Å². The Hall–Kier alpha value is -4.22. The predicted molar refractivity (Wildman–Crippen MR) is 198 cm³/mol. The van der Waals surface area contributed by atoms with Gasteiger partial charge < -0.3 is 18.9 Å². The van der Waals surface area contributed by atoms with Crippen LogP contribution in [0.15, 0.2) is 36.4 Å². The van der Waals surface area contributed by atoms with Gasteiger partial charge in [0.05, 0.1) is 31.7 Å². The van der Waals surface area contributed by atoms with Crippen LogP contribution in [0.5, 0.6) is 5.75 Å². The van der Waals surface area contributed by atoms with Gasteiger partial charge in [-0.3, -0.25) is 19.0 Å². The van der Waals surface area contributed by atoms with Gasteiger partial charge in [-0.2, -0.15) is 5.10 Å². The Bertz CT molecular complexity index is 2010. The molecule has 7 rings (SSSR count). The second-order valence-electron chi connectivity index (χ2n) is 13.8. The van der Waals surface area contributed by atoms with Crippen LogP contribution in [0.2, 0.25) is 0 Å². The number of aryl methyl sites for hydroxylation is 2. The summed E-state index contributed by atoms with van der Waals surface area (Å²) in [5.41, 5.74) is 9.15. The Kier molecular flexibility index (Phi) is 9.72. The molecule has 3 aliphatic rings. The van der Waals surface area contributed by atoms with E-state index in [1.165, 1.54) is 24.8 Å². The summed E-state index contributed by atoms with van der Waals surface area (Å²) >= 11 is 0. The SMILES string of the molecule is CCn1nc(C)c(C2=Cc3cc(OC)ccc3-c3c(C4CCCCC4)c4ccc(C(=O)NS(=O)C(C)C)cc4n3C2)c1C(=O)N1CCOCC1. The van der Waals surface area contributed by atoms with Crippen LogP contribution in [0.1, 0.15) is 102 Å². The molecule has 50 heavy (non-hydrogen) atoms. The van der Waals surface area contributed by atoms with Gasteiger partial charge in [-0.25, -0.2) is 4.21 Å². The minimum absolute atomic E-state index is 0.0423. The molecule has 264 valence electrons. The van der Waals surface area contributed by atoms with Crippen molar-refractivity contribution in [2.45, 2.75) is 84.1 Å². The summed E-state index contributed by atoms with van der Waals surface area (Å²) in [5, 5.41) is 5.82. The van der Waals surface area contributed by atoms with Crippen molar-refractivity contribution >= 4 is 45.4 Å². The lowest BCUT2D eigenvalue weighted by Gasteiger charge is -2.27. The van der Waals surface area contributed by atoms with Crippen LogP contribution >= 0.6 is 0 Å². The molecule has 2 aliphatic heterocycles. The number of aromatic nitrogens is 3. The Labute approximate surface area is 296 Å². The molecule has 2 aromatic heterocycles. The molecule has 0 radical (unpaired) electrons. The molecule has 1 saturated heterocycles. The summed E-state index contributed by atoms with van der Waals surface area (Å²) in [4.78, 5) is 29.6. The van der Waals surface area contributed by atoms with Gasteiger partial charge >= 0.3 is 0 Å². The van der Waals surface area contributed by atoms with Gasteiger partial charge in [0.15, 0.2) is 0 Å². The number of carbonyl (C=O) groups excluding carboxylic acids is 2. The maximum atomic E-state index is 14.3. The minimum atomic E-state index is -1.49. The molecule has 2 aromatic carbocycles. The van der Waals surface area contributed by atoms with E-state index >= 15 is 0 Å². The van der Waals surface area contributed by atoms with Crippen LogP contribution < -0.4 is 9.46 Å². The number of hydrogen-bond acceptors (Lipinski definition) is 6. The highest BCUT2D eigenvalue weighted by Gasteiger charge is 2.33. The van der Waals surface area contributed by atoms with E-state index in [0.29, 0.717) is 56.6 Å². The molecule has 1 unspecified atom stereocenters. The highest BCUT2D eigenvalue weighted by Crippen LogP contribution is 2.48. The number of nitrogens with one attached hydrogen (secondary N) is 1. The van der Waals surface area contributed by atoms with Crippen molar-refractivity contribution < 1.29 is 23.3 Å². The molecule has 10 nitrogen and oxygen atoms in total. The molecule has 4 aromatic rings. The van der Waals surface area contributed by atoms with Gasteiger partial charge in [0.1, 0.15) is 22.4 Å². The quantitative estimate of drug-likeness (QED) is 0.219. The highest BCUT2D eigenvalue weighted by molar-refractivity contribution is 7.84. The second-order valence-corrected chi connectivity index (χ2v) is 15.6. The molecular weight excluding hydrogens is 651 g/mol. The molecule has 1 atom stereocenters. The van der Waals surface area contributed by atoms with E-state index in [1.807, 2.05) is 55.5 Å². The van der Waals surface area contributed by atoms with Crippen molar-refractivity contribution in [1.29, 1.82) is 0 Å². The highest BCUT2D eigenvalue weighted by atomic mass is 32.2. The lowest BCUT2D eigenvalue weighted by molar-refractivity contribution is 0.0294. The van der Waals surface area contributed by atoms with Crippen LogP contribution in [-0.2, 0) is 28.8 Å². The minimum Gasteiger partial charge on any atom is -0.497 e. The molecule has 0 spiro atoms. The number of benzene rings is 2. The standard InChI is InChI=1S/C39H47N5O5S/c1-6-44-37(39(46)42-16-18-49-19-17-42)34(25(4)40-44)29-20-28-21-30(48-5)13-15-31(28)36-35(26-10-8-7-9-11-26)32-14-12-27(22-33(32)43(36)23-29)38(45)41-50(47)24(2)3/h12-15,20-22,24,26H,6-11,16-19,23H2,1-5H3,(H,41,45). The van der Waals surface area contributed by atoms with Gasteiger partial charge in [-0.15, -0.1) is 0 Å². The van der Waals surface area contributed by atoms with Gasteiger partial charge in [-0.1, -0.05) is 25.3 Å². The van der Waals surface area contributed by atoms with E-state index in [4.69, 9.17) is 14.6 Å². The Morgan fingerprint density at radius 2 is 1.84 bits per heavy atom. The number of morpholine rings is 1. The van der Waals surface area contributed by atoms with E-state index < -0.39 is 11.0 Å². The third kappa shape index (κ3) is 6.19. The van der Waals surface area contributed by atoms with E-state index in [1.54, 1.807) is 7.11 Å². The molecule has 4 heterocycles. The predicted octanol–water partition coefficient (Wildman–Crippen LogP) is 6.72. The number of amides is 2. The van der Waals surface area contributed by atoms with Crippen LogP contribution in [-0.4, -0.2) is 73.9 Å². The number of nitrogens with zero attached hydrogens (tertiary/aromatic N) is 4. The number of allylic oxidation sites excluding steroid dienone is 1. The first-order valence-corrected chi connectivity index (χ1v) is 19.1. The van der Waals surface area contributed by atoms with E-state index in [-0.39, 0.29) is 17.1 Å². The smallest absolute Gasteiger partial charge is 0.272 e. The Morgan fingerprint density at radius 1 is 1.08 bits per heavy atom. The first kappa shape index (κ1) is 34.2. The Balaban J connectivity index is 1.47. The van der Waals surface area contributed by atoms with Crippen molar-refractivity contribution in [3.8, 4) is 17.0 Å². The zero-order chi connectivity index (χ0) is 35.1. The summed E-state index contributed by atoms with van der Waals surface area (Å²) in [7, 11) is 0.187. The molecule has 2 fully saturated rings. The first-order valence-electron chi connectivity index (χ1n) is 17.9. The largest absolute Gasteiger partial charge is 0.497 e. The summed E-state index contributed by atoms with van der Waals surface area (Å²) in [5.74, 6) is 0.724. The number of fused-ring (bicyclic) bond motifs is 5. The topological polar surface area (TPSA) is 108 Å². The van der Waals surface area contributed by atoms with Crippen molar-refractivity contribution in [1.82, 2.24) is 24.0 Å². The van der Waals surface area contributed by atoms with Gasteiger partial charge in [-0.05, 0) is 99.6 Å². The summed E-state index contributed by atoms with van der Waals surface area (Å²) < 4.78 is 30.8. The molecule has 1 N–H and O–H groups in total. The molecular formula is C39H47N5O5S. The van der Waals surface area contributed by atoms with Crippen LogP contribution in [0, 0.1) is 6.92 Å². The molecule has 2 amide bonds. The maximum absolute atomic E-state index is 14.3. The van der Waals surface area contributed by atoms with Gasteiger partial charge in [0.25, 0.3) is 11.8 Å². The van der Waals surface area contributed by atoms with E-state index in [2.05, 4.69) is 33.6 Å². The number of methoxy groups -OCH3 is 1. The Morgan fingerprint density at radius 3 is 2.54 bits per heavy atom. The molecule has 11 heteroatoms. The first-order chi connectivity index (χ1) is 24.2. The average molecular weight is 698 g/mol. The molecule has 1 saturated carbocycles. The third-order valence-electron chi connectivity index (χ3n) is 10.4. The van der Waals surface area contributed by atoms with E-state index in [9.17, 15) is 13.8 Å². The number of ether oxygens (including phenoxy) is 2. The lowest BCUT2D eigenvalue weighted by atomic mass is 9.81. The monoisotopic (exact) mass is 697 g/mol. The zero-order valence-electron chi connectivity index (χ0n) is 29.7.